The normalized spacial score (nSPS) is 10.3. The Labute approximate surface area is 120 Å². The molecule has 100 valence electrons. The van der Waals surface area contributed by atoms with Gasteiger partial charge in [-0.15, -0.1) is 0 Å². The van der Waals surface area contributed by atoms with Gasteiger partial charge in [0.15, 0.2) is 0 Å². The minimum Gasteiger partial charge on any atom is -0.492 e. The molecule has 0 fully saturated rings. The SMILES string of the molecule is CN(CCOc1cccc(Br)c1)c1cccc(F)c1. The summed E-state index contributed by atoms with van der Waals surface area (Å²) < 4.78 is 19.7. The third kappa shape index (κ3) is 4.24. The molecule has 0 saturated heterocycles. The van der Waals surface area contributed by atoms with Crippen LogP contribution >= 0.6 is 15.9 Å². The zero-order valence-electron chi connectivity index (χ0n) is 10.6. The monoisotopic (exact) mass is 323 g/mol. The van der Waals surface area contributed by atoms with E-state index in [-0.39, 0.29) is 5.82 Å². The van der Waals surface area contributed by atoms with Crippen molar-refractivity contribution in [2.24, 2.45) is 0 Å². The standard InChI is InChI=1S/C15H15BrFNO/c1-18(14-6-3-5-13(17)11-14)8-9-19-15-7-2-4-12(16)10-15/h2-7,10-11H,8-9H2,1H3. The summed E-state index contributed by atoms with van der Waals surface area (Å²) in [7, 11) is 1.92. The van der Waals surface area contributed by atoms with Gasteiger partial charge in [0.25, 0.3) is 0 Å². The van der Waals surface area contributed by atoms with Crippen LogP contribution in [0.4, 0.5) is 10.1 Å². The molecule has 2 aromatic rings. The number of anilines is 1. The minimum absolute atomic E-state index is 0.225. The first-order valence-corrected chi connectivity index (χ1v) is 6.79. The Morgan fingerprint density at radius 2 is 1.95 bits per heavy atom. The van der Waals surface area contributed by atoms with E-state index in [1.807, 2.05) is 42.3 Å². The van der Waals surface area contributed by atoms with Crippen LogP contribution in [-0.4, -0.2) is 20.2 Å². The Morgan fingerprint density at radius 1 is 1.16 bits per heavy atom. The van der Waals surface area contributed by atoms with E-state index in [9.17, 15) is 4.39 Å². The van der Waals surface area contributed by atoms with Crippen LogP contribution in [-0.2, 0) is 0 Å². The molecule has 0 saturated carbocycles. The summed E-state index contributed by atoms with van der Waals surface area (Å²) in [5, 5.41) is 0. The van der Waals surface area contributed by atoms with Crippen LogP contribution in [0.25, 0.3) is 0 Å². The first-order chi connectivity index (χ1) is 9.15. The van der Waals surface area contributed by atoms with Crippen LogP contribution in [0.1, 0.15) is 0 Å². The molecule has 0 atom stereocenters. The predicted molar refractivity (Wildman–Crippen MR) is 79.3 cm³/mol. The van der Waals surface area contributed by atoms with Crippen molar-refractivity contribution in [3.63, 3.8) is 0 Å². The van der Waals surface area contributed by atoms with Gasteiger partial charge in [-0.05, 0) is 36.4 Å². The lowest BCUT2D eigenvalue weighted by Gasteiger charge is -2.19. The smallest absolute Gasteiger partial charge is 0.125 e. The van der Waals surface area contributed by atoms with E-state index in [4.69, 9.17) is 4.74 Å². The number of rotatable bonds is 5. The highest BCUT2D eigenvalue weighted by atomic mass is 79.9. The van der Waals surface area contributed by atoms with Gasteiger partial charge < -0.3 is 9.64 Å². The lowest BCUT2D eigenvalue weighted by Crippen LogP contribution is -2.23. The Balaban J connectivity index is 1.85. The average molecular weight is 324 g/mol. The highest BCUT2D eigenvalue weighted by Gasteiger charge is 2.02. The molecule has 0 radical (unpaired) electrons. The summed E-state index contributed by atoms with van der Waals surface area (Å²) in [6.45, 7) is 1.24. The second-order valence-corrected chi connectivity index (χ2v) is 5.12. The Kier molecular flexibility index (Phi) is 4.80. The fourth-order valence-electron chi connectivity index (χ4n) is 1.70. The number of likely N-dealkylation sites (N-methyl/N-ethyl adjacent to an activating group) is 1. The molecule has 0 spiro atoms. The molecule has 2 aromatic carbocycles. The molecule has 4 heteroatoms. The van der Waals surface area contributed by atoms with Crippen LogP contribution in [0.15, 0.2) is 53.0 Å². The quantitative estimate of drug-likeness (QED) is 0.821. The number of hydrogen-bond donors (Lipinski definition) is 0. The van der Waals surface area contributed by atoms with E-state index in [0.717, 1.165) is 15.9 Å². The molecule has 0 aliphatic rings. The summed E-state index contributed by atoms with van der Waals surface area (Å²) in [4.78, 5) is 1.96. The van der Waals surface area contributed by atoms with Gasteiger partial charge in [-0.2, -0.15) is 0 Å². The van der Waals surface area contributed by atoms with Gasteiger partial charge in [-0.1, -0.05) is 28.1 Å². The van der Waals surface area contributed by atoms with Gasteiger partial charge in [-0.25, -0.2) is 4.39 Å². The summed E-state index contributed by atoms with van der Waals surface area (Å²) >= 11 is 3.40. The predicted octanol–water partition coefficient (Wildman–Crippen LogP) is 4.10. The maximum absolute atomic E-state index is 13.1. The number of ether oxygens (including phenoxy) is 1. The van der Waals surface area contributed by atoms with Gasteiger partial charge in [0.2, 0.25) is 0 Å². The second-order valence-electron chi connectivity index (χ2n) is 4.21. The Bertz CT molecular complexity index is 547. The summed E-state index contributed by atoms with van der Waals surface area (Å²) in [6, 6.07) is 14.2. The van der Waals surface area contributed by atoms with Gasteiger partial charge in [0, 0.05) is 17.2 Å². The lowest BCUT2D eigenvalue weighted by molar-refractivity contribution is 0.325. The molecular weight excluding hydrogens is 309 g/mol. The zero-order valence-corrected chi connectivity index (χ0v) is 12.2. The highest BCUT2D eigenvalue weighted by Crippen LogP contribution is 2.18. The first-order valence-electron chi connectivity index (χ1n) is 6.00. The fraction of sp³-hybridized carbons (Fsp3) is 0.200. The minimum atomic E-state index is -0.225. The molecule has 19 heavy (non-hydrogen) atoms. The first kappa shape index (κ1) is 13.9. The van der Waals surface area contributed by atoms with E-state index >= 15 is 0 Å². The number of nitrogens with zero attached hydrogens (tertiary/aromatic N) is 1. The maximum Gasteiger partial charge on any atom is 0.125 e. The molecule has 0 aliphatic carbocycles. The molecule has 0 amide bonds. The Morgan fingerprint density at radius 3 is 2.68 bits per heavy atom. The maximum atomic E-state index is 13.1. The van der Waals surface area contributed by atoms with Crippen LogP contribution in [0.3, 0.4) is 0 Å². The average Bonchev–Trinajstić information content (AvgIpc) is 2.38. The van der Waals surface area contributed by atoms with Crippen molar-refractivity contribution in [1.29, 1.82) is 0 Å². The topological polar surface area (TPSA) is 12.5 Å². The molecule has 2 nitrogen and oxygen atoms in total. The molecule has 0 aromatic heterocycles. The van der Waals surface area contributed by atoms with E-state index in [1.165, 1.54) is 12.1 Å². The van der Waals surface area contributed by atoms with Crippen molar-refractivity contribution < 1.29 is 9.13 Å². The van der Waals surface area contributed by atoms with Crippen molar-refractivity contribution in [3.8, 4) is 5.75 Å². The van der Waals surface area contributed by atoms with Crippen molar-refractivity contribution in [2.45, 2.75) is 0 Å². The fourth-order valence-corrected chi connectivity index (χ4v) is 2.08. The lowest BCUT2D eigenvalue weighted by atomic mass is 10.3. The van der Waals surface area contributed by atoms with Crippen molar-refractivity contribution in [2.75, 3.05) is 25.1 Å². The van der Waals surface area contributed by atoms with Crippen LogP contribution in [0.2, 0.25) is 0 Å². The molecule has 0 bridgehead atoms. The van der Waals surface area contributed by atoms with Gasteiger partial charge in [-0.3, -0.25) is 0 Å². The molecule has 2 rings (SSSR count). The third-order valence-electron chi connectivity index (χ3n) is 2.74. The van der Waals surface area contributed by atoms with Crippen molar-refractivity contribution in [3.05, 3.63) is 58.8 Å². The Hall–Kier alpha value is -1.55. The highest BCUT2D eigenvalue weighted by molar-refractivity contribution is 9.10. The van der Waals surface area contributed by atoms with Crippen LogP contribution < -0.4 is 9.64 Å². The summed E-state index contributed by atoms with van der Waals surface area (Å²) in [6.07, 6.45) is 0. The second kappa shape index (κ2) is 6.57. The van der Waals surface area contributed by atoms with Gasteiger partial charge >= 0.3 is 0 Å². The van der Waals surface area contributed by atoms with Crippen molar-refractivity contribution in [1.82, 2.24) is 0 Å². The molecule has 0 N–H and O–H groups in total. The largest absolute Gasteiger partial charge is 0.492 e. The molecule has 0 aliphatic heterocycles. The molecule has 0 unspecified atom stereocenters. The van der Waals surface area contributed by atoms with E-state index < -0.39 is 0 Å². The van der Waals surface area contributed by atoms with Gasteiger partial charge in [0.1, 0.15) is 18.2 Å². The molecule has 0 heterocycles. The van der Waals surface area contributed by atoms with E-state index in [0.29, 0.717) is 13.2 Å². The van der Waals surface area contributed by atoms with Gasteiger partial charge in [0.05, 0.1) is 6.54 Å². The molecular formula is C15H15BrFNO. The number of hydrogen-bond acceptors (Lipinski definition) is 2. The summed E-state index contributed by atoms with van der Waals surface area (Å²) in [5.74, 6) is 0.597. The van der Waals surface area contributed by atoms with E-state index in [2.05, 4.69) is 15.9 Å². The van der Waals surface area contributed by atoms with Crippen LogP contribution in [0.5, 0.6) is 5.75 Å². The zero-order chi connectivity index (χ0) is 13.7. The van der Waals surface area contributed by atoms with E-state index in [1.54, 1.807) is 6.07 Å². The third-order valence-corrected chi connectivity index (χ3v) is 3.23. The summed E-state index contributed by atoms with van der Waals surface area (Å²) in [5.41, 5.74) is 0.845. The van der Waals surface area contributed by atoms with Crippen molar-refractivity contribution >= 4 is 21.6 Å². The number of halogens is 2. The van der Waals surface area contributed by atoms with Crippen LogP contribution in [0, 0.1) is 5.82 Å². The number of benzene rings is 2.